The zero-order valence-electron chi connectivity index (χ0n) is 9.91. The Labute approximate surface area is 102 Å². The fourth-order valence-corrected chi connectivity index (χ4v) is 1.80. The van der Waals surface area contributed by atoms with Crippen LogP contribution in [0, 0.1) is 0 Å². The number of hydrogen-bond donors (Lipinski definition) is 0. The third kappa shape index (κ3) is 3.16. The van der Waals surface area contributed by atoms with Crippen LogP contribution in [0.4, 0.5) is 0 Å². The Morgan fingerprint density at radius 3 is 2.06 bits per heavy atom. The van der Waals surface area contributed by atoms with E-state index in [0.717, 1.165) is 16.2 Å². The lowest BCUT2D eigenvalue weighted by Gasteiger charge is -2.20. The van der Waals surface area contributed by atoms with Crippen LogP contribution < -0.4 is 0 Å². The van der Waals surface area contributed by atoms with E-state index in [1.807, 2.05) is 67.6 Å². The Morgan fingerprint density at radius 2 is 1.47 bits per heavy atom. The summed E-state index contributed by atoms with van der Waals surface area (Å²) in [6.45, 7) is 2.36. The van der Waals surface area contributed by atoms with E-state index >= 15 is 0 Å². The predicted molar refractivity (Wildman–Crippen MR) is 67.5 cm³/mol. The van der Waals surface area contributed by atoms with Crippen molar-refractivity contribution < 1.29 is 5.21 Å². The molecule has 1 atom stereocenters. The third-order valence-corrected chi connectivity index (χ3v) is 2.90. The molecule has 0 unspecified atom stereocenters. The maximum atomic E-state index is 12.0. The zero-order valence-corrected chi connectivity index (χ0v) is 9.91. The summed E-state index contributed by atoms with van der Waals surface area (Å²) in [5.41, 5.74) is 2.10. The molecule has 0 amide bonds. The molecule has 0 spiro atoms. The molecule has 2 nitrogen and oxygen atoms in total. The van der Waals surface area contributed by atoms with Crippen molar-refractivity contribution in [3.8, 4) is 0 Å². The second-order valence-corrected chi connectivity index (χ2v) is 4.15. The molecule has 2 rings (SSSR count). The Balaban J connectivity index is 2.03. The summed E-state index contributed by atoms with van der Waals surface area (Å²) in [5, 5.41) is 13.1. The summed E-state index contributed by atoms with van der Waals surface area (Å²) in [6.07, 6.45) is 0. The summed E-state index contributed by atoms with van der Waals surface area (Å²) in [7, 11) is 0. The highest BCUT2D eigenvalue weighted by Crippen LogP contribution is 2.20. The van der Waals surface area contributed by atoms with Crippen LogP contribution in [-0.4, -0.2) is 5.06 Å². The first kappa shape index (κ1) is 11.8. The van der Waals surface area contributed by atoms with Gasteiger partial charge in [-0.1, -0.05) is 60.7 Å². The van der Waals surface area contributed by atoms with Gasteiger partial charge in [-0.3, -0.25) is 0 Å². The molecule has 0 aliphatic carbocycles. The minimum Gasteiger partial charge on any atom is -0.143 e. The number of rotatable bonds is 4. The average molecular weight is 226 g/mol. The molecule has 87 valence electrons. The van der Waals surface area contributed by atoms with Crippen LogP contribution in [0.25, 0.3) is 0 Å². The molecule has 0 fully saturated rings. The molecule has 2 heteroatoms. The first-order chi connectivity index (χ1) is 8.27. The van der Waals surface area contributed by atoms with Crippen molar-refractivity contribution in [2.75, 3.05) is 0 Å². The van der Waals surface area contributed by atoms with E-state index in [4.69, 9.17) is 0 Å². The molecule has 0 heterocycles. The van der Waals surface area contributed by atoms with Gasteiger partial charge in [-0.25, -0.2) is 0 Å². The summed E-state index contributed by atoms with van der Waals surface area (Å²) >= 11 is 0. The van der Waals surface area contributed by atoms with Crippen molar-refractivity contribution in [2.24, 2.45) is 0 Å². The molecule has 2 aromatic rings. The van der Waals surface area contributed by atoms with Crippen LogP contribution in [0.3, 0.4) is 0 Å². The Bertz CT molecular complexity index is 441. The topological polar surface area (TPSA) is 23.1 Å². The Kier molecular flexibility index (Phi) is 3.91. The highest BCUT2D eigenvalue weighted by Gasteiger charge is 2.14. The molecule has 17 heavy (non-hydrogen) atoms. The molecule has 0 aliphatic heterocycles. The van der Waals surface area contributed by atoms with Crippen LogP contribution in [0.1, 0.15) is 24.1 Å². The van der Waals surface area contributed by atoms with Crippen molar-refractivity contribution in [2.45, 2.75) is 19.5 Å². The lowest BCUT2D eigenvalue weighted by atomic mass is 10.1. The maximum Gasteiger partial charge on any atom is 0.0608 e. The van der Waals surface area contributed by atoms with Gasteiger partial charge in [-0.05, 0) is 18.1 Å². The van der Waals surface area contributed by atoms with Gasteiger partial charge in [0.25, 0.3) is 0 Å². The van der Waals surface area contributed by atoms with E-state index in [9.17, 15) is 5.21 Å². The molecule has 0 saturated carbocycles. The third-order valence-electron chi connectivity index (χ3n) is 2.90. The van der Waals surface area contributed by atoms with E-state index in [1.165, 1.54) is 0 Å². The van der Waals surface area contributed by atoms with E-state index in [1.54, 1.807) is 0 Å². The zero-order chi connectivity index (χ0) is 12.1. The normalized spacial score (nSPS) is 12.6. The summed E-state index contributed by atoms with van der Waals surface area (Å²) < 4.78 is 0. The van der Waals surface area contributed by atoms with E-state index in [-0.39, 0.29) is 6.04 Å². The van der Waals surface area contributed by atoms with Crippen molar-refractivity contribution in [3.63, 3.8) is 0 Å². The predicted octanol–water partition coefficient (Wildman–Crippen LogP) is 3.60. The molecule has 2 aromatic carbocycles. The van der Waals surface area contributed by atoms with E-state index in [0.29, 0.717) is 6.54 Å². The number of hydrogen-bond acceptors (Lipinski definition) is 1. The first-order valence-corrected chi connectivity index (χ1v) is 5.80. The minimum absolute atomic E-state index is 0.114. The minimum atomic E-state index is -0.114. The molecule has 0 aliphatic rings. The Hall–Kier alpha value is -1.64. The summed E-state index contributed by atoms with van der Waals surface area (Å²) in [6, 6.07) is 19.6. The smallest absolute Gasteiger partial charge is 0.0608 e. The highest BCUT2D eigenvalue weighted by atomic mass is 16.5. The van der Waals surface area contributed by atoms with Gasteiger partial charge in [0.05, 0.1) is 12.6 Å². The largest absolute Gasteiger partial charge is 0.143 e. The van der Waals surface area contributed by atoms with Crippen LogP contribution in [-0.2, 0) is 11.8 Å². The van der Waals surface area contributed by atoms with Gasteiger partial charge >= 0.3 is 0 Å². The second kappa shape index (κ2) is 5.62. The molecule has 0 aromatic heterocycles. The number of nitrogens with zero attached hydrogens (tertiary/aromatic N) is 1. The maximum absolute atomic E-state index is 12.0. The summed E-state index contributed by atoms with van der Waals surface area (Å²) in [5.74, 6) is 0. The lowest BCUT2D eigenvalue weighted by molar-refractivity contribution is -0.193. The van der Waals surface area contributed by atoms with Crippen LogP contribution in [0.5, 0.6) is 0 Å². The van der Waals surface area contributed by atoms with Gasteiger partial charge in [0.15, 0.2) is 0 Å². The fraction of sp³-hybridized carbons (Fsp3) is 0.200. The van der Waals surface area contributed by atoms with Crippen LogP contribution in [0.15, 0.2) is 60.7 Å². The molecule has 0 bridgehead atoms. The fourth-order valence-electron chi connectivity index (χ4n) is 1.80. The lowest BCUT2D eigenvalue weighted by Crippen LogP contribution is -2.21. The van der Waals surface area contributed by atoms with Crippen molar-refractivity contribution in [1.29, 1.82) is 0 Å². The Morgan fingerprint density at radius 1 is 0.941 bits per heavy atom. The molecular weight excluding hydrogens is 210 g/mol. The SMILES string of the molecule is C[C@@H](c1ccccc1)N([O])Cc1ccccc1. The van der Waals surface area contributed by atoms with Gasteiger partial charge < -0.3 is 0 Å². The van der Waals surface area contributed by atoms with Crippen molar-refractivity contribution >= 4 is 0 Å². The molecular formula is C15H16NO. The molecule has 1 radical (unpaired) electrons. The molecule has 0 saturated heterocycles. The van der Waals surface area contributed by atoms with Crippen LogP contribution >= 0.6 is 0 Å². The van der Waals surface area contributed by atoms with E-state index in [2.05, 4.69) is 0 Å². The average Bonchev–Trinajstić information content (AvgIpc) is 2.40. The van der Waals surface area contributed by atoms with Gasteiger partial charge in [-0.2, -0.15) is 0 Å². The van der Waals surface area contributed by atoms with Gasteiger partial charge in [-0.15, -0.1) is 10.3 Å². The van der Waals surface area contributed by atoms with Crippen molar-refractivity contribution in [1.82, 2.24) is 5.06 Å². The number of benzene rings is 2. The quantitative estimate of drug-likeness (QED) is 0.730. The monoisotopic (exact) mass is 226 g/mol. The van der Waals surface area contributed by atoms with Gasteiger partial charge in [0.1, 0.15) is 0 Å². The second-order valence-electron chi connectivity index (χ2n) is 4.15. The van der Waals surface area contributed by atoms with Gasteiger partial charge in [0, 0.05) is 0 Å². The standard InChI is InChI=1S/C15H16NO/c1-13(15-10-6-3-7-11-15)16(17)12-14-8-4-2-5-9-14/h2-11,13H,12H2,1H3/t13-/m0/s1. The van der Waals surface area contributed by atoms with E-state index < -0.39 is 0 Å². The molecule has 0 N–H and O–H groups in total. The number of hydroxylamine groups is 2. The summed E-state index contributed by atoms with van der Waals surface area (Å²) in [4.78, 5) is 0. The van der Waals surface area contributed by atoms with Gasteiger partial charge in [0.2, 0.25) is 0 Å². The van der Waals surface area contributed by atoms with Crippen molar-refractivity contribution in [3.05, 3.63) is 71.8 Å². The first-order valence-electron chi connectivity index (χ1n) is 5.80. The van der Waals surface area contributed by atoms with Crippen LogP contribution in [0.2, 0.25) is 0 Å². The highest BCUT2D eigenvalue weighted by molar-refractivity contribution is 5.19.